The van der Waals surface area contributed by atoms with Crippen LogP contribution in [0.4, 0.5) is 0 Å². The minimum atomic E-state index is -0.463. The second kappa shape index (κ2) is 7.22. The summed E-state index contributed by atoms with van der Waals surface area (Å²) in [6, 6.07) is 0. The molecular weight excluding hydrogens is 218 g/mol. The molecule has 98 valence electrons. The van der Waals surface area contributed by atoms with E-state index < -0.39 is 5.54 Å². The second-order valence-electron chi connectivity index (χ2n) is 4.89. The third-order valence-corrected chi connectivity index (χ3v) is 2.70. The van der Waals surface area contributed by atoms with Crippen molar-refractivity contribution in [3.63, 3.8) is 0 Å². The monoisotopic (exact) mass is 241 g/mol. The fourth-order valence-electron chi connectivity index (χ4n) is 1.24. The molecule has 2 N–H and O–H groups in total. The van der Waals surface area contributed by atoms with Crippen molar-refractivity contribution >= 4 is 11.7 Å². The molecule has 1 atom stereocenters. The minimum absolute atomic E-state index is 0.0167. The summed E-state index contributed by atoms with van der Waals surface area (Å²) >= 11 is 0. The fourth-order valence-corrected chi connectivity index (χ4v) is 1.24. The molecule has 4 nitrogen and oxygen atoms in total. The molecule has 0 aromatic heterocycles. The minimum Gasteiger partial charge on any atom is -0.396 e. The van der Waals surface area contributed by atoms with Crippen LogP contribution in [0.1, 0.15) is 40.5 Å². The molecule has 0 rings (SSSR count). The summed E-state index contributed by atoms with van der Waals surface area (Å²) in [7, 11) is 0. The van der Waals surface area contributed by atoms with Gasteiger partial charge in [-0.25, -0.2) is 0 Å². The van der Waals surface area contributed by atoms with Crippen molar-refractivity contribution in [2.45, 2.75) is 46.1 Å². The van der Waals surface area contributed by atoms with Gasteiger partial charge in [0.15, 0.2) is 5.78 Å². The van der Waals surface area contributed by atoms with Gasteiger partial charge in [-0.05, 0) is 32.8 Å². The molecule has 0 aliphatic rings. The van der Waals surface area contributed by atoms with Crippen LogP contribution >= 0.6 is 0 Å². The molecule has 0 heterocycles. The van der Waals surface area contributed by atoms with Gasteiger partial charge in [0.25, 0.3) is 0 Å². The molecule has 1 unspecified atom stereocenters. The zero-order chi connectivity index (χ0) is 13.5. The Labute approximate surface area is 103 Å². The molecule has 1 amide bonds. The SMILES string of the molecule is CCC(C)C(=O)/C=C\C(=O)NC(C)(C)CCO. The van der Waals surface area contributed by atoms with Crippen molar-refractivity contribution in [2.24, 2.45) is 5.92 Å². The normalized spacial score (nSPS) is 13.7. The molecule has 0 saturated carbocycles. The molecule has 0 fully saturated rings. The highest BCUT2D eigenvalue weighted by Crippen LogP contribution is 2.07. The Morgan fingerprint density at radius 3 is 2.41 bits per heavy atom. The number of ketones is 1. The Kier molecular flexibility index (Phi) is 6.73. The molecule has 0 aliphatic carbocycles. The summed E-state index contributed by atoms with van der Waals surface area (Å²) in [5.41, 5.74) is -0.463. The van der Waals surface area contributed by atoms with Crippen LogP contribution in [0.2, 0.25) is 0 Å². The second-order valence-corrected chi connectivity index (χ2v) is 4.89. The Morgan fingerprint density at radius 2 is 1.94 bits per heavy atom. The van der Waals surface area contributed by atoms with E-state index >= 15 is 0 Å². The highest BCUT2D eigenvalue weighted by atomic mass is 16.3. The first-order chi connectivity index (χ1) is 7.82. The van der Waals surface area contributed by atoms with Crippen LogP contribution in [0.3, 0.4) is 0 Å². The first kappa shape index (κ1) is 15.8. The highest BCUT2D eigenvalue weighted by Gasteiger charge is 2.18. The van der Waals surface area contributed by atoms with Gasteiger partial charge in [-0.15, -0.1) is 0 Å². The number of nitrogens with one attached hydrogen (secondary N) is 1. The van der Waals surface area contributed by atoms with E-state index in [0.29, 0.717) is 6.42 Å². The number of aliphatic hydroxyl groups is 1. The number of allylic oxidation sites excluding steroid dienone is 1. The smallest absolute Gasteiger partial charge is 0.244 e. The molecule has 0 aromatic rings. The van der Waals surface area contributed by atoms with Gasteiger partial charge in [0.1, 0.15) is 0 Å². The Hall–Kier alpha value is -1.16. The Balaban J connectivity index is 4.27. The van der Waals surface area contributed by atoms with E-state index in [1.54, 1.807) is 0 Å². The van der Waals surface area contributed by atoms with Gasteiger partial charge in [0.05, 0.1) is 0 Å². The van der Waals surface area contributed by atoms with Gasteiger partial charge in [-0.1, -0.05) is 13.8 Å². The quantitative estimate of drug-likeness (QED) is 0.663. The van der Waals surface area contributed by atoms with Crippen molar-refractivity contribution in [2.75, 3.05) is 6.61 Å². The third kappa shape index (κ3) is 6.89. The zero-order valence-corrected chi connectivity index (χ0v) is 11.1. The van der Waals surface area contributed by atoms with Crippen LogP contribution in [0.15, 0.2) is 12.2 Å². The topological polar surface area (TPSA) is 66.4 Å². The average Bonchev–Trinajstić information content (AvgIpc) is 2.23. The average molecular weight is 241 g/mol. The molecule has 17 heavy (non-hydrogen) atoms. The number of rotatable bonds is 7. The molecular formula is C13H23NO3. The van der Waals surface area contributed by atoms with Crippen molar-refractivity contribution in [1.29, 1.82) is 0 Å². The first-order valence-electron chi connectivity index (χ1n) is 5.97. The van der Waals surface area contributed by atoms with Crippen LogP contribution in [0.25, 0.3) is 0 Å². The van der Waals surface area contributed by atoms with E-state index in [1.165, 1.54) is 12.2 Å². The molecule has 0 saturated heterocycles. The van der Waals surface area contributed by atoms with E-state index in [0.717, 1.165) is 6.42 Å². The third-order valence-electron chi connectivity index (χ3n) is 2.70. The summed E-state index contributed by atoms with van der Waals surface area (Å²) in [6.07, 6.45) is 3.82. The molecule has 0 radical (unpaired) electrons. The summed E-state index contributed by atoms with van der Waals surface area (Å²) in [5, 5.41) is 11.5. The van der Waals surface area contributed by atoms with Crippen molar-refractivity contribution < 1.29 is 14.7 Å². The lowest BCUT2D eigenvalue weighted by Crippen LogP contribution is -2.43. The first-order valence-corrected chi connectivity index (χ1v) is 5.97. The van der Waals surface area contributed by atoms with Gasteiger partial charge in [-0.2, -0.15) is 0 Å². The molecule has 0 aliphatic heterocycles. The van der Waals surface area contributed by atoms with Crippen molar-refractivity contribution in [1.82, 2.24) is 5.32 Å². The Bertz CT molecular complexity index is 295. The number of carbonyl (C=O) groups is 2. The van der Waals surface area contributed by atoms with Gasteiger partial charge in [-0.3, -0.25) is 9.59 Å². The maximum Gasteiger partial charge on any atom is 0.244 e. The van der Waals surface area contributed by atoms with Crippen molar-refractivity contribution in [3.8, 4) is 0 Å². The van der Waals surface area contributed by atoms with Crippen molar-refractivity contribution in [3.05, 3.63) is 12.2 Å². The zero-order valence-electron chi connectivity index (χ0n) is 11.1. The highest BCUT2D eigenvalue weighted by molar-refractivity contribution is 5.98. The van der Waals surface area contributed by atoms with Gasteiger partial charge in [0.2, 0.25) is 5.91 Å². The lowest BCUT2D eigenvalue weighted by Gasteiger charge is -2.24. The summed E-state index contributed by atoms with van der Waals surface area (Å²) in [6.45, 7) is 7.43. The van der Waals surface area contributed by atoms with Crippen LogP contribution in [0.5, 0.6) is 0 Å². The molecule has 0 bridgehead atoms. The van der Waals surface area contributed by atoms with Gasteiger partial charge < -0.3 is 10.4 Å². The lowest BCUT2D eigenvalue weighted by molar-refractivity contribution is -0.120. The summed E-state index contributed by atoms with van der Waals surface area (Å²) < 4.78 is 0. The largest absolute Gasteiger partial charge is 0.396 e. The van der Waals surface area contributed by atoms with Crippen LogP contribution in [-0.4, -0.2) is 28.9 Å². The predicted octanol–water partition coefficient (Wildman–Crippen LogP) is 1.43. The molecule has 4 heteroatoms. The van der Waals surface area contributed by atoms with E-state index in [1.807, 2.05) is 27.7 Å². The summed E-state index contributed by atoms with van der Waals surface area (Å²) in [5.74, 6) is -0.396. The standard InChI is InChI=1S/C13H23NO3/c1-5-10(2)11(16)6-7-12(17)14-13(3,4)8-9-15/h6-7,10,15H,5,8-9H2,1-4H3,(H,14,17)/b7-6-. The number of carbonyl (C=O) groups excluding carboxylic acids is 2. The maximum atomic E-state index is 11.5. The number of hydrogen-bond donors (Lipinski definition) is 2. The van der Waals surface area contributed by atoms with Gasteiger partial charge >= 0.3 is 0 Å². The van der Waals surface area contributed by atoms with Crippen LogP contribution in [-0.2, 0) is 9.59 Å². The van der Waals surface area contributed by atoms with Crippen LogP contribution < -0.4 is 5.32 Å². The molecule has 0 aromatic carbocycles. The fraction of sp³-hybridized carbons (Fsp3) is 0.692. The molecule has 0 spiro atoms. The number of amides is 1. The summed E-state index contributed by atoms with van der Waals surface area (Å²) in [4.78, 5) is 23.0. The lowest BCUT2D eigenvalue weighted by atomic mass is 10.0. The maximum absolute atomic E-state index is 11.5. The van der Waals surface area contributed by atoms with E-state index in [2.05, 4.69) is 5.32 Å². The number of aliphatic hydroxyl groups excluding tert-OH is 1. The Morgan fingerprint density at radius 1 is 1.35 bits per heavy atom. The van der Waals surface area contributed by atoms with E-state index in [9.17, 15) is 9.59 Å². The number of hydrogen-bond acceptors (Lipinski definition) is 3. The van der Waals surface area contributed by atoms with Crippen LogP contribution in [0, 0.1) is 5.92 Å². The van der Waals surface area contributed by atoms with Gasteiger partial charge in [0, 0.05) is 24.1 Å². The predicted molar refractivity (Wildman–Crippen MR) is 67.5 cm³/mol. The van der Waals surface area contributed by atoms with E-state index in [4.69, 9.17) is 5.11 Å². The van der Waals surface area contributed by atoms with E-state index in [-0.39, 0.29) is 24.2 Å².